The Kier molecular flexibility index (Phi) is 23.2. The van der Waals surface area contributed by atoms with E-state index in [1.165, 1.54) is 0 Å². The molecule has 2 amide bonds. The predicted molar refractivity (Wildman–Crippen MR) is 181 cm³/mol. The number of rotatable bonds is 24. The normalized spacial score (nSPS) is 11.3. The van der Waals surface area contributed by atoms with E-state index in [2.05, 4.69) is 25.7 Å². The van der Waals surface area contributed by atoms with E-state index in [4.69, 9.17) is 48.2 Å². The molecule has 0 aliphatic rings. The number of alkyl carbamates (subject to hydrolysis) is 2. The van der Waals surface area contributed by atoms with Gasteiger partial charge in [0.25, 0.3) is 0 Å². The number of nitrogens with one attached hydrogen (secondary N) is 2. The Morgan fingerprint density at radius 3 is 1.41 bits per heavy atom. The molecule has 0 aliphatic heterocycles. The highest BCUT2D eigenvalue weighted by Crippen LogP contribution is 2.13. The molecule has 0 saturated carbocycles. The van der Waals surface area contributed by atoms with Crippen molar-refractivity contribution in [3.8, 4) is 5.75 Å². The zero-order valence-corrected chi connectivity index (χ0v) is 29.7. The molecule has 17 nitrogen and oxygen atoms in total. The fraction of sp³-hybridized carbons (Fsp3) is 0.719. The van der Waals surface area contributed by atoms with Crippen molar-refractivity contribution >= 4 is 18.1 Å². The number of carbonyl (C=O) groups excluding carboxylic acids is 2. The number of guanidine groups is 1. The second-order valence-electron chi connectivity index (χ2n) is 12.0. The second kappa shape index (κ2) is 26.2. The number of benzene rings is 1. The summed E-state index contributed by atoms with van der Waals surface area (Å²) in [6.07, 6.45) is -1.52. The second-order valence-corrected chi connectivity index (χ2v) is 12.0. The first-order valence-corrected chi connectivity index (χ1v) is 16.1. The maximum absolute atomic E-state index is 12.3. The number of aliphatic imine (C=N–C) groups is 1. The Morgan fingerprint density at radius 2 is 1.02 bits per heavy atom. The van der Waals surface area contributed by atoms with Gasteiger partial charge in [0.2, 0.25) is 5.96 Å². The minimum Gasteiger partial charge on any atom is -0.491 e. The van der Waals surface area contributed by atoms with E-state index in [9.17, 15) is 9.59 Å². The monoisotopic (exact) mass is 698 g/mol. The minimum atomic E-state index is -0.758. The van der Waals surface area contributed by atoms with Crippen molar-refractivity contribution in [2.24, 2.45) is 10.1 Å². The van der Waals surface area contributed by atoms with E-state index in [1.807, 2.05) is 12.1 Å². The third kappa shape index (κ3) is 27.9. The summed E-state index contributed by atoms with van der Waals surface area (Å²) in [7, 11) is 0. The summed E-state index contributed by atoms with van der Waals surface area (Å²) in [4.78, 5) is 31.5. The lowest BCUT2D eigenvalue weighted by atomic mass is 10.2. The van der Waals surface area contributed by atoms with Crippen LogP contribution in [0.15, 0.2) is 34.4 Å². The van der Waals surface area contributed by atoms with Crippen LogP contribution in [0.2, 0.25) is 0 Å². The van der Waals surface area contributed by atoms with Crippen molar-refractivity contribution in [1.29, 1.82) is 0 Å². The minimum absolute atomic E-state index is 0.0959. The summed E-state index contributed by atoms with van der Waals surface area (Å²) >= 11 is 0. The third-order valence-corrected chi connectivity index (χ3v) is 5.34. The van der Waals surface area contributed by atoms with Gasteiger partial charge in [-0.25, -0.2) is 14.6 Å². The van der Waals surface area contributed by atoms with Gasteiger partial charge in [0, 0.05) is 11.5 Å². The molecule has 49 heavy (non-hydrogen) atoms. The molecule has 0 bridgehead atoms. The lowest BCUT2D eigenvalue weighted by Crippen LogP contribution is -2.47. The standard InChI is InChI=1S/C32H54N6O11/c1-31(2,3)48-29(39)36-28(37-30(40)49-32(4,5)6)34-25-26-7-9-27(10-8-26)47-24-23-46-22-21-45-20-19-44-18-17-43-16-15-42-14-13-41-12-11-35-38-33/h7-10H,11-25H2,1-6H3,(H2,34,36,37,39,40). The zero-order chi connectivity index (χ0) is 36.2. The zero-order valence-electron chi connectivity index (χ0n) is 29.7. The Hall–Kier alpha value is -3.70. The van der Waals surface area contributed by atoms with Crippen molar-refractivity contribution in [2.45, 2.75) is 59.3 Å². The van der Waals surface area contributed by atoms with E-state index < -0.39 is 23.4 Å². The molecule has 0 aromatic heterocycles. The first-order valence-electron chi connectivity index (χ1n) is 16.1. The number of carbonyl (C=O) groups is 2. The van der Waals surface area contributed by atoms with Crippen LogP contribution in [0.5, 0.6) is 5.75 Å². The maximum atomic E-state index is 12.3. The van der Waals surface area contributed by atoms with Gasteiger partial charge in [0.15, 0.2) is 0 Å². The van der Waals surface area contributed by atoms with Gasteiger partial charge in [0.1, 0.15) is 23.6 Å². The van der Waals surface area contributed by atoms with Crippen molar-refractivity contribution in [1.82, 2.24) is 10.6 Å². The molecule has 0 saturated heterocycles. The van der Waals surface area contributed by atoms with Crippen LogP contribution >= 0.6 is 0 Å². The van der Waals surface area contributed by atoms with Gasteiger partial charge in [-0.2, -0.15) is 0 Å². The molecule has 1 aromatic rings. The molecule has 1 rings (SSSR count). The molecule has 1 aromatic carbocycles. The molecule has 0 spiro atoms. The molecule has 0 unspecified atom stereocenters. The molecule has 17 heteroatoms. The van der Waals surface area contributed by atoms with Crippen LogP contribution < -0.4 is 15.4 Å². The Labute approximate surface area is 288 Å². The first-order chi connectivity index (χ1) is 23.4. The van der Waals surface area contributed by atoms with E-state index in [0.717, 1.165) is 5.56 Å². The summed E-state index contributed by atoms with van der Waals surface area (Å²) in [5.74, 6) is 0.562. The molecule has 0 radical (unpaired) electrons. The predicted octanol–water partition coefficient (Wildman–Crippen LogP) is 4.38. The summed E-state index contributed by atoms with van der Waals surface area (Å²) in [6.45, 7) is 16.5. The molecule has 278 valence electrons. The van der Waals surface area contributed by atoms with Crippen LogP contribution in [-0.2, 0) is 44.4 Å². The average Bonchev–Trinajstić information content (AvgIpc) is 3.01. The summed E-state index contributed by atoms with van der Waals surface area (Å²) < 4.78 is 48.7. The van der Waals surface area contributed by atoms with Crippen molar-refractivity contribution in [2.75, 3.05) is 92.4 Å². The fourth-order valence-electron chi connectivity index (χ4n) is 3.34. The van der Waals surface area contributed by atoms with Crippen molar-refractivity contribution in [3.63, 3.8) is 0 Å². The fourth-order valence-corrected chi connectivity index (χ4v) is 3.34. The van der Waals surface area contributed by atoms with E-state index in [0.29, 0.717) is 98.2 Å². The summed E-state index contributed by atoms with van der Waals surface area (Å²) in [5, 5.41) is 8.29. The van der Waals surface area contributed by atoms with Gasteiger partial charge in [0.05, 0.1) is 85.8 Å². The van der Waals surface area contributed by atoms with Gasteiger partial charge in [-0.05, 0) is 64.8 Å². The lowest BCUT2D eigenvalue weighted by Gasteiger charge is -2.22. The SMILES string of the molecule is CC(C)(C)OC(=O)NC(=NCc1ccc(OCCOCCOCCOCCOCCOCCOCCN=[N+]=[N-])cc1)NC(=O)OC(C)(C)C. The highest BCUT2D eigenvalue weighted by Gasteiger charge is 2.21. The molecule has 0 fully saturated rings. The summed E-state index contributed by atoms with van der Waals surface area (Å²) in [6, 6.07) is 7.24. The quantitative estimate of drug-likeness (QED) is 0.0387. The van der Waals surface area contributed by atoms with Crippen LogP contribution in [0.25, 0.3) is 10.4 Å². The van der Waals surface area contributed by atoms with Crippen molar-refractivity contribution in [3.05, 3.63) is 40.3 Å². The maximum Gasteiger partial charge on any atom is 0.414 e. The largest absolute Gasteiger partial charge is 0.491 e. The van der Waals surface area contributed by atoms with Gasteiger partial charge < -0.3 is 42.6 Å². The van der Waals surface area contributed by atoms with Crippen LogP contribution in [0.3, 0.4) is 0 Å². The van der Waals surface area contributed by atoms with E-state index in [1.54, 1.807) is 53.7 Å². The highest BCUT2D eigenvalue weighted by molar-refractivity contribution is 6.01. The number of nitrogens with zero attached hydrogens (tertiary/aromatic N) is 4. The Balaban J connectivity index is 2.14. The van der Waals surface area contributed by atoms with Crippen LogP contribution in [0, 0.1) is 0 Å². The van der Waals surface area contributed by atoms with Gasteiger partial charge in [-0.1, -0.05) is 17.2 Å². The highest BCUT2D eigenvalue weighted by atomic mass is 16.6. The molecule has 0 atom stereocenters. The third-order valence-electron chi connectivity index (χ3n) is 5.34. The number of ether oxygens (including phenoxy) is 9. The lowest BCUT2D eigenvalue weighted by molar-refractivity contribution is -0.0175. The molecular formula is C32H54N6O11. The molecule has 0 heterocycles. The smallest absolute Gasteiger partial charge is 0.414 e. The molecular weight excluding hydrogens is 644 g/mol. The Morgan fingerprint density at radius 1 is 0.633 bits per heavy atom. The number of azide groups is 1. The molecule has 2 N–H and O–H groups in total. The topological polar surface area (TPSA) is 202 Å². The van der Waals surface area contributed by atoms with Gasteiger partial charge >= 0.3 is 12.2 Å². The van der Waals surface area contributed by atoms with Crippen molar-refractivity contribution < 1.29 is 52.2 Å². The van der Waals surface area contributed by atoms with E-state index >= 15 is 0 Å². The number of amides is 2. The number of hydrogen-bond donors (Lipinski definition) is 2. The van der Waals surface area contributed by atoms with Gasteiger partial charge in [-0.15, -0.1) is 0 Å². The van der Waals surface area contributed by atoms with Crippen LogP contribution in [-0.4, -0.2) is 122 Å². The van der Waals surface area contributed by atoms with E-state index in [-0.39, 0.29) is 12.5 Å². The van der Waals surface area contributed by atoms with Crippen LogP contribution in [0.4, 0.5) is 9.59 Å². The summed E-state index contributed by atoms with van der Waals surface area (Å²) in [5.41, 5.74) is 7.52. The first kappa shape index (κ1) is 43.3. The molecule has 0 aliphatic carbocycles. The average molecular weight is 699 g/mol. The van der Waals surface area contributed by atoms with Crippen LogP contribution in [0.1, 0.15) is 47.1 Å². The number of hydrogen-bond acceptors (Lipinski definition) is 13. The van der Waals surface area contributed by atoms with Gasteiger partial charge in [-0.3, -0.25) is 10.6 Å². The Bertz CT molecular complexity index is 1090.